The van der Waals surface area contributed by atoms with Crippen molar-refractivity contribution in [2.45, 2.75) is 31.8 Å². The first kappa shape index (κ1) is 11.0. The normalized spacial score (nSPS) is 20.4. The van der Waals surface area contributed by atoms with Crippen molar-refractivity contribution in [2.75, 3.05) is 0 Å². The monoisotopic (exact) mass is 226 g/mol. The van der Waals surface area contributed by atoms with E-state index in [2.05, 4.69) is 4.74 Å². The number of hydrogen-bond donors (Lipinski definition) is 0. The molecule has 0 radical (unpaired) electrons. The van der Waals surface area contributed by atoms with E-state index in [0.717, 1.165) is 12.0 Å². The Bertz CT molecular complexity index is 390. The van der Waals surface area contributed by atoms with Crippen LogP contribution in [0, 0.1) is 0 Å². The van der Waals surface area contributed by atoms with Crippen molar-refractivity contribution in [3.05, 3.63) is 29.8 Å². The zero-order valence-corrected chi connectivity index (χ0v) is 8.66. The molecule has 0 amide bonds. The van der Waals surface area contributed by atoms with Crippen LogP contribution < -0.4 is 4.74 Å². The largest absolute Gasteiger partial charge is 0.435 e. The van der Waals surface area contributed by atoms with Gasteiger partial charge >= 0.3 is 6.61 Å². The molecule has 1 atom stereocenters. The molecule has 0 bridgehead atoms. The number of carbonyl (C=O) groups excluding carboxylic acids is 1. The fourth-order valence-electron chi connectivity index (χ4n) is 2.04. The molecule has 1 aromatic carbocycles. The minimum Gasteiger partial charge on any atom is -0.435 e. The first-order chi connectivity index (χ1) is 7.65. The van der Waals surface area contributed by atoms with Crippen molar-refractivity contribution in [2.24, 2.45) is 0 Å². The molecule has 0 heterocycles. The molecule has 1 aliphatic rings. The van der Waals surface area contributed by atoms with E-state index in [0.29, 0.717) is 12.8 Å². The Morgan fingerprint density at radius 2 is 2.19 bits per heavy atom. The Morgan fingerprint density at radius 3 is 2.81 bits per heavy atom. The van der Waals surface area contributed by atoms with Gasteiger partial charge in [-0.1, -0.05) is 12.1 Å². The molecule has 16 heavy (non-hydrogen) atoms. The summed E-state index contributed by atoms with van der Waals surface area (Å²) in [5.74, 6) is 0.561. The van der Waals surface area contributed by atoms with Crippen molar-refractivity contribution in [1.29, 1.82) is 0 Å². The number of halogens is 2. The number of ether oxygens (including phenoxy) is 1. The summed E-state index contributed by atoms with van der Waals surface area (Å²) < 4.78 is 28.4. The second-order valence-electron chi connectivity index (χ2n) is 3.93. The highest BCUT2D eigenvalue weighted by atomic mass is 19.3. The van der Waals surface area contributed by atoms with E-state index in [1.54, 1.807) is 12.1 Å². The Kier molecular flexibility index (Phi) is 3.17. The van der Waals surface area contributed by atoms with Crippen LogP contribution in [0.4, 0.5) is 8.78 Å². The number of benzene rings is 1. The van der Waals surface area contributed by atoms with Crippen LogP contribution in [0.15, 0.2) is 24.3 Å². The van der Waals surface area contributed by atoms with Crippen molar-refractivity contribution in [3.63, 3.8) is 0 Å². The van der Waals surface area contributed by atoms with Crippen LogP contribution in [-0.4, -0.2) is 12.4 Å². The van der Waals surface area contributed by atoms with E-state index in [4.69, 9.17) is 0 Å². The average molecular weight is 226 g/mol. The van der Waals surface area contributed by atoms with Crippen LogP contribution in [0.2, 0.25) is 0 Å². The maximum Gasteiger partial charge on any atom is 0.387 e. The molecule has 86 valence electrons. The van der Waals surface area contributed by atoms with Crippen LogP contribution in [-0.2, 0) is 4.79 Å². The van der Waals surface area contributed by atoms with Gasteiger partial charge in [-0.25, -0.2) is 0 Å². The molecule has 4 heteroatoms. The predicted molar refractivity (Wildman–Crippen MR) is 54.7 cm³/mol. The molecular formula is C12H12F2O2. The molecule has 1 fully saturated rings. The van der Waals surface area contributed by atoms with Crippen molar-refractivity contribution in [3.8, 4) is 5.75 Å². The Morgan fingerprint density at radius 1 is 1.38 bits per heavy atom. The standard InChI is InChI=1S/C12H12F2O2/c13-12(14)16-11-3-1-2-8(7-11)9-4-5-10(15)6-9/h1-3,7,9,12H,4-6H2. The van der Waals surface area contributed by atoms with E-state index in [1.165, 1.54) is 6.07 Å². The summed E-state index contributed by atoms with van der Waals surface area (Å²) >= 11 is 0. The number of rotatable bonds is 3. The zero-order chi connectivity index (χ0) is 11.5. The maximum absolute atomic E-state index is 12.0. The highest BCUT2D eigenvalue weighted by Crippen LogP contribution is 2.33. The SMILES string of the molecule is O=C1CCC(c2cccc(OC(F)F)c2)C1. The highest BCUT2D eigenvalue weighted by molar-refractivity contribution is 5.81. The molecular weight excluding hydrogens is 214 g/mol. The van der Waals surface area contributed by atoms with E-state index in [9.17, 15) is 13.6 Å². The van der Waals surface area contributed by atoms with E-state index >= 15 is 0 Å². The highest BCUT2D eigenvalue weighted by Gasteiger charge is 2.23. The summed E-state index contributed by atoms with van der Waals surface area (Å²) in [6.45, 7) is -2.81. The number of hydrogen-bond acceptors (Lipinski definition) is 2. The molecule has 0 spiro atoms. The lowest BCUT2D eigenvalue weighted by molar-refractivity contribution is -0.117. The van der Waals surface area contributed by atoms with Gasteiger partial charge in [0.1, 0.15) is 11.5 Å². The van der Waals surface area contributed by atoms with Crippen LogP contribution >= 0.6 is 0 Å². The molecule has 1 saturated carbocycles. The lowest BCUT2D eigenvalue weighted by atomic mass is 9.98. The maximum atomic E-state index is 12.0. The first-order valence-corrected chi connectivity index (χ1v) is 5.21. The van der Waals surface area contributed by atoms with Crippen LogP contribution in [0.1, 0.15) is 30.7 Å². The van der Waals surface area contributed by atoms with Gasteiger partial charge in [0, 0.05) is 12.8 Å². The van der Waals surface area contributed by atoms with E-state index in [-0.39, 0.29) is 17.5 Å². The topological polar surface area (TPSA) is 26.3 Å². The molecule has 0 N–H and O–H groups in total. The Hall–Kier alpha value is -1.45. The number of carbonyl (C=O) groups is 1. The fourth-order valence-corrected chi connectivity index (χ4v) is 2.04. The summed E-state index contributed by atoms with van der Waals surface area (Å²) in [5, 5.41) is 0. The van der Waals surface area contributed by atoms with Crippen LogP contribution in [0.5, 0.6) is 5.75 Å². The summed E-state index contributed by atoms with van der Waals surface area (Å²) in [7, 11) is 0. The van der Waals surface area contributed by atoms with Crippen LogP contribution in [0.3, 0.4) is 0 Å². The third-order valence-electron chi connectivity index (χ3n) is 2.80. The molecule has 0 aromatic heterocycles. The van der Waals surface area contributed by atoms with Gasteiger partial charge in [0.05, 0.1) is 0 Å². The van der Waals surface area contributed by atoms with Crippen LogP contribution in [0.25, 0.3) is 0 Å². The van der Waals surface area contributed by atoms with E-state index in [1.807, 2.05) is 6.07 Å². The third kappa shape index (κ3) is 2.56. The summed E-state index contributed by atoms with van der Waals surface area (Å²) in [6.07, 6.45) is 1.90. The molecule has 2 nitrogen and oxygen atoms in total. The van der Waals surface area contributed by atoms with Crippen molar-refractivity contribution < 1.29 is 18.3 Å². The lowest BCUT2D eigenvalue weighted by Gasteiger charge is -2.10. The minimum absolute atomic E-state index is 0.159. The van der Waals surface area contributed by atoms with Gasteiger partial charge in [-0.3, -0.25) is 4.79 Å². The van der Waals surface area contributed by atoms with Gasteiger partial charge in [-0.15, -0.1) is 0 Å². The van der Waals surface area contributed by atoms with Gasteiger partial charge in [0.15, 0.2) is 0 Å². The number of Topliss-reactive ketones (excluding diaryl/α,β-unsaturated/α-hetero) is 1. The Labute approximate surface area is 92.2 Å². The quantitative estimate of drug-likeness (QED) is 0.791. The molecule has 0 aliphatic heterocycles. The van der Waals surface area contributed by atoms with E-state index < -0.39 is 6.61 Å². The minimum atomic E-state index is -2.81. The summed E-state index contributed by atoms with van der Waals surface area (Å²) in [6, 6.07) is 6.61. The second kappa shape index (κ2) is 4.60. The summed E-state index contributed by atoms with van der Waals surface area (Å²) in [4.78, 5) is 11.1. The zero-order valence-electron chi connectivity index (χ0n) is 8.66. The first-order valence-electron chi connectivity index (χ1n) is 5.21. The molecule has 0 saturated heterocycles. The molecule has 2 rings (SSSR count). The third-order valence-corrected chi connectivity index (χ3v) is 2.80. The molecule has 1 unspecified atom stereocenters. The number of ketones is 1. The number of alkyl halides is 2. The lowest BCUT2D eigenvalue weighted by Crippen LogP contribution is -2.03. The predicted octanol–water partition coefficient (Wildman–Crippen LogP) is 3.12. The molecule has 1 aromatic rings. The van der Waals surface area contributed by atoms with Gasteiger partial charge in [-0.2, -0.15) is 8.78 Å². The van der Waals surface area contributed by atoms with Gasteiger partial charge in [-0.05, 0) is 30.0 Å². The summed E-state index contributed by atoms with van der Waals surface area (Å²) in [5.41, 5.74) is 0.906. The second-order valence-corrected chi connectivity index (χ2v) is 3.93. The average Bonchev–Trinajstić information content (AvgIpc) is 2.64. The van der Waals surface area contributed by atoms with Gasteiger partial charge in [0.2, 0.25) is 0 Å². The van der Waals surface area contributed by atoms with Gasteiger partial charge < -0.3 is 4.74 Å². The fraction of sp³-hybridized carbons (Fsp3) is 0.417. The molecule has 1 aliphatic carbocycles. The van der Waals surface area contributed by atoms with Crippen molar-refractivity contribution >= 4 is 5.78 Å². The Balaban J connectivity index is 2.12. The van der Waals surface area contributed by atoms with Gasteiger partial charge in [0.25, 0.3) is 0 Å². The van der Waals surface area contributed by atoms with Crippen molar-refractivity contribution in [1.82, 2.24) is 0 Å². The smallest absolute Gasteiger partial charge is 0.387 e.